The molecule has 0 aliphatic carbocycles. The molecule has 5 heteroatoms. The number of aryl methyl sites for hydroxylation is 1. The summed E-state index contributed by atoms with van der Waals surface area (Å²) in [5, 5.41) is 0. The summed E-state index contributed by atoms with van der Waals surface area (Å²) in [5.41, 5.74) is 1.16. The van der Waals surface area contributed by atoms with Gasteiger partial charge < -0.3 is 14.4 Å². The molecule has 1 aromatic carbocycles. The van der Waals surface area contributed by atoms with Crippen LogP contribution in [0.1, 0.15) is 5.56 Å². The minimum absolute atomic E-state index is 0.562. The van der Waals surface area contributed by atoms with E-state index in [1.165, 1.54) is 6.33 Å². The molecule has 1 aliphatic heterocycles. The molecule has 20 heavy (non-hydrogen) atoms. The fourth-order valence-corrected chi connectivity index (χ4v) is 2.15. The van der Waals surface area contributed by atoms with Crippen molar-refractivity contribution in [2.24, 2.45) is 0 Å². The molecule has 3 rings (SSSR count). The lowest BCUT2D eigenvalue weighted by molar-refractivity contribution is 0.122. The molecule has 2 aromatic rings. The SMILES string of the molecule is Cc1cccc(Oc2cc(N3CCOCC3)ncn2)c1. The van der Waals surface area contributed by atoms with Gasteiger partial charge in [-0.05, 0) is 24.6 Å². The first-order chi connectivity index (χ1) is 9.81. The number of anilines is 1. The van der Waals surface area contributed by atoms with Crippen LogP contribution in [0.15, 0.2) is 36.7 Å². The Balaban J connectivity index is 1.77. The number of rotatable bonds is 3. The topological polar surface area (TPSA) is 47.5 Å². The van der Waals surface area contributed by atoms with Crippen molar-refractivity contribution in [3.05, 3.63) is 42.2 Å². The standard InChI is InChI=1S/C15H17N3O2/c1-12-3-2-4-13(9-12)20-15-10-14(16-11-17-15)18-5-7-19-8-6-18/h2-4,9-11H,5-8H2,1H3. The summed E-state index contributed by atoms with van der Waals surface area (Å²) in [5.74, 6) is 2.23. The highest BCUT2D eigenvalue weighted by Crippen LogP contribution is 2.23. The van der Waals surface area contributed by atoms with Crippen LogP contribution in [0.4, 0.5) is 5.82 Å². The van der Waals surface area contributed by atoms with E-state index in [0.717, 1.165) is 43.4 Å². The number of benzene rings is 1. The van der Waals surface area contributed by atoms with Crippen molar-refractivity contribution in [2.45, 2.75) is 6.92 Å². The second-order valence-corrected chi connectivity index (χ2v) is 4.73. The van der Waals surface area contributed by atoms with Crippen LogP contribution in [0, 0.1) is 6.92 Å². The summed E-state index contributed by atoms with van der Waals surface area (Å²) in [4.78, 5) is 10.6. The number of morpholine rings is 1. The average Bonchev–Trinajstić information content (AvgIpc) is 2.48. The summed E-state index contributed by atoms with van der Waals surface area (Å²) in [7, 11) is 0. The van der Waals surface area contributed by atoms with E-state index >= 15 is 0 Å². The van der Waals surface area contributed by atoms with Crippen LogP contribution in [0.5, 0.6) is 11.6 Å². The average molecular weight is 271 g/mol. The maximum absolute atomic E-state index is 5.78. The molecule has 0 spiro atoms. The third-order valence-corrected chi connectivity index (χ3v) is 3.17. The second kappa shape index (κ2) is 5.88. The minimum Gasteiger partial charge on any atom is -0.439 e. The fraction of sp³-hybridized carbons (Fsp3) is 0.333. The largest absolute Gasteiger partial charge is 0.439 e. The van der Waals surface area contributed by atoms with Gasteiger partial charge in [0.05, 0.1) is 13.2 Å². The van der Waals surface area contributed by atoms with Gasteiger partial charge in [0.25, 0.3) is 0 Å². The molecule has 1 aliphatic rings. The molecule has 0 atom stereocenters. The van der Waals surface area contributed by atoms with E-state index < -0.39 is 0 Å². The van der Waals surface area contributed by atoms with Crippen molar-refractivity contribution in [1.29, 1.82) is 0 Å². The predicted molar refractivity (Wildman–Crippen MR) is 76.3 cm³/mol. The normalized spacial score (nSPS) is 15.2. The summed E-state index contributed by atoms with van der Waals surface area (Å²) in [6.07, 6.45) is 1.54. The molecular formula is C15H17N3O2. The van der Waals surface area contributed by atoms with E-state index in [1.807, 2.05) is 37.3 Å². The Bertz CT molecular complexity index is 583. The molecule has 5 nitrogen and oxygen atoms in total. The maximum Gasteiger partial charge on any atom is 0.224 e. The van der Waals surface area contributed by atoms with E-state index in [0.29, 0.717) is 5.88 Å². The van der Waals surface area contributed by atoms with Crippen LogP contribution < -0.4 is 9.64 Å². The minimum atomic E-state index is 0.562. The highest BCUT2D eigenvalue weighted by molar-refractivity contribution is 5.42. The lowest BCUT2D eigenvalue weighted by Crippen LogP contribution is -2.36. The fourth-order valence-electron chi connectivity index (χ4n) is 2.15. The third kappa shape index (κ3) is 3.05. The highest BCUT2D eigenvalue weighted by atomic mass is 16.5. The number of aromatic nitrogens is 2. The zero-order valence-electron chi connectivity index (χ0n) is 11.5. The van der Waals surface area contributed by atoms with Gasteiger partial charge in [-0.1, -0.05) is 12.1 Å². The molecule has 0 saturated carbocycles. The van der Waals surface area contributed by atoms with E-state index in [-0.39, 0.29) is 0 Å². The lowest BCUT2D eigenvalue weighted by atomic mass is 10.2. The zero-order valence-corrected chi connectivity index (χ0v) is 11.5. The Kier molecular flexibility index (Phi) is 3.78. The van der Waals surface area contributed by atoms with Gasteiger partial charge in [-0.3, -0.25) is 0 Å². The van der Waals surface area contributed by atoms with Gasteiger partial charge in [-0.25, -0.2) is 9.97 Å². The highest BCUT2D eigenvalue weighted by Gasteiger charge is 2.13. The molecule has 1 aromatic heterocycles. The Morgan fingerprint density at radius 2 is 2.00 bits per heavy atom. The van der Waals surface area contributed by atoms with Crippen LogP contribution in [0.3, 0.4) is 0 Å². The van der Waals surface area contributed by atoms with Gasteiger partial charge >= 0.3 is 0 Å². The van der Waals surface area contributed by atoms with E-state index in [9.17, 15) is 0 Å². The third-order valence-electron chi connectivity index (χ3n) is 3.17. The Morgan fingerprint density at radius 3 is 2.80 bits per heavy atom. The smallest absolute Gasteiger partial charge is 0.224 e. The van der Waals surface area contributed by atoms with Crippen LogP contribution in [-0.2, 0) is 4.74 Å². The number of hydrogen-bond acceptors (Lipinski definition) is 5. The van der Waals surface area contributed by atoms with Gasteiger partial charge in [0, 0.05) is 19.2 Å². The molecule has 0 bridgehead atoms. The van der Waals surface area contributed by atoms with Crippen LogP contribution in [0.25, 0.3) is 0 Å². The van der Waals surface area contributed by atoms with E-state index in [2.05, 4.69) is 14.9 Å². The van der Waals surface area contributed by atoms with E-state index in [1.54, 1.807) is 0 Å². The number of ether oxygens (including phenoxy) is 2. The monoisotopic (exact) mass is 271 g/mol. The molecule has 1 fully saturated rings. The van der Waals surface area contributed by atoms with E-state index in [4.69, 9.17) is 9.47 Å². The quantitative estimate of drug-likeness (QED) is 0.858. The molecule has 0 N–H and O–H groups in total. The number of nitrogens with zero attached hydrogens (tertiary/aromatic N) is 3. The van der Waals surface area contributed by atoms with Crippen molar-refractivity contribution in [3.63, 3.8) is 0 Å². The van der Waals surface area contributed by atoms with Gasteiger partial charge in [-0.2, -0.15) is 0 Å². The van der Waals surface area contributed by atoms with Crippen LogP contribution >= 0.6 is 0 Å². The Morgan fingerprint density at radius 1 is 1.15 bits per heavy atom. The molecular weight excluding hydrogens is 254 g/mol. The van der Waals surface area contributed by atoms with Gasteiger partial charge in [0.1, 0.15) is 17.9 Å². The molecule has 0 unspecified atom stereocenters. The Hall–Kier alpha value is -2.14. The van der Waals surface area contributed by atoms with Gasteiger partial charge in [-0.15, -0.1) is 0 Å². The molecule has 0 amide bonds. The predicted octanol–water partition coefficient (Wildman–Crippen LogP) is 2.41. The lowest BCUT2D eigenvalue weighted by Gasteiger charge is -2.27. The van der Waals surface area contributed by atoms with Crippen molar-refractivity contribution in [2.75, 3.05) is 31.2 Å². The van der Waals surface area contributed by atoms with Gasteiger partial charge in [0.15, 0.2) is 0 Å². The molecule has 0 radical (unpaired) electrons. The van der Waals surface area contributed by atoms with Crippen molar-refractivity contribution in [1.82, 2.24) is 9.97 Å². The van der Waals surface area contributed by atoms with Crippen molar-refractivity contribution in [3.8, 4) is 11.6 Å². The first kappa shape index (κ1) is 12.9. The summed E-state index contributed by atoms with van der Waals surface area (Å²) in [6, 6.07) is 9.77. The summed E-state index contributed by atoms with van der Waals surface area (Å²) in [6.45, 7) is 5.20. The molecule has 2 heterocycles. The van der Waals surface area contributed by atoms with Crippen molar-refractivity contribution < 1.29 is 9.47 Å². The molecule has 104 valence electrons. The maximum atomic E-state index is 5.78. The zero-order chi connectivity index (χ0) is 13.8. The first-order valence-electron chi connectivity index (χ1n) is 6.70. The number of hydrogen-bond donors (Lipinski definition) is 0. The van der Waals surface area contributed by atoms with Gasteiger partial charge in [0.2, 0.25) is 5.88 Å². The first-order valence-corrected chi connectivity index (χ1v) is 6.70. The summed E-state index contributed by atoms with van der Waals surface area (Å²) >= 11 is 0. The van der Waals surface area contributed by atoms with Crippen LogP contribution in [-0.4, -0.2) is 36.3 Å². The van der Waals surface area contributed by atoms with Crippen molar-refractivity contribution >= 4 is 5.82 Å². The van der Waals surface area contributed by atoms with Crippen LogP contribution in [0.2, 0.25) is 0 Å². The molecule has 1 saturated heterocycles. The second-order valence-electron chi connectivity index (χ2n) is 4.73. The Labute approximate surface area is 118 Å². The summed E-state index contributed by atoms with van der Waals surface area (Å²) < 4.78 is 11.1.